The van der Waals surface area contributed by atoms with Gasteiger partial charge in [0.2, 0.25) is 0 Å². The van der Waals surface area contributed by atoms with Crippen LogP contribution in [0.5, 0.6) is 5.75 Å². The Morgan fingerprint density at radius 1 is 0.905 bits per heavy atom. The van der Waals surface area contributed by atoms with Crippen LogP contribution >= 0.6 is 0 Å². The summed E-state index contributed by atoms with van der Waals surface area (Å²) < 4.78 is 6.20. The summed E-state index contributed by atoms with van der Waals surface area (Å²) in [6.45, 7) is 0.700. The summed E-state index contributed by atoms with van der Waals surface area (Å²) >= 11 is 0. The highest BCUT2D eigenvalue weighted by Crippen LogP contribution is 2.39. The largest absolute Gasteiger partial charge is 0.487 e. The zero-order chi connectivity index (χ0) is 14.5. The van der Waals surface area contributed by atoms with Crippen molar-refractivity contribution in [3.8, 4) is 5.75 Å². The fourth-order valence-corrected chi connectivity index (χ4v) is 2.99. The van der Waals surface area contributed by atoms with Gasteiger partial charge in [-0.15, -0.1) is 0 Å². The van der Waals surface area contributed by atoms with Gasteiger partial charge in [0, 0.05) is 0 Å². The molecule has 110 valence electrons. The Morgan fingerprint density at radius 2 is 1.57 bits per heavy atom. The lowest BCUT2D eigenvalue weighted by molar-refractivity contribution is -0.0125. The van der Waals surface area contributed by atoms with Gasteiger partial charge in [0.25, 0.3) is 0 Å². The molecule has 0 unspecified atom stereocenters. The topological polar surface area (TPSA) is 35.2 Å². The van der Waals surface area contributed by atoms with E-state index in [4.69, 9.17) is 10.5 Å². The van der Waals surface area contributed by atoms with Crippen LogP contribution in [0.3, 0.4) is 0 Å². The van der Waals surface area contributed by atoms with E-state index < -0.39 is 0 Å². The summed E-state index contributed by atoms with van der Waals surface area (Å²) in [6.07, 6.45) is 5.45. The Kier molecular flexibility index (Phi) is 4.26. The second-order valence-electron chi connectivity index (χ2n) is 5.98. The van der Waals surface area contributed by atoms with Crippen molar-refractivity contribution >= 4 is 0 Å². The molecule has 21 heavy (non-hydrogen) atoms. The molecule has 0 saturated heterocycles. The highest BCUT2D eigenvalue weighted by molar-refractivity contribution is 5.32. The number of ether oxygens (including phenoxy) is 1. The minimum absolute atomic E-state index is 0.00962. The lowest BCUT2D eigenvalue weighted by Crippen LogP contribution is -2.44. The van der Waals surface area contributed by atoms with E-state index in [2.05, 4.69) is 54.6 Å². The Balaban J connectivity index is 1.64. The molecule has 1 saturated carbocycles. The van der Waals surface area contributed by atoms with Crippen molar-refractivity contribution in [3.05, 3.63) is 65.7 Å². The van der Waals surface area contributed by atoms with E-state index in [0.717, 1.165) is 31.4 Å². The smallest absolute Gasteiger partial charge is 0.120 e. The second-order valence-corrected chi connectivity index (χ2v) is 5.98. The molecule has 1 aliphatic rings. The summed E-state index contributed by atoms with van der Waals surface area (Å²) in [5.41, 5.74) is 8.37. The van der Waals surface area contributed by atoms with E-state index in [1.54, 1.807) is 0 Å². The normalized spacial score (nSPS) is 16.2. The van der Waals surface area contributed by atoms with Gasteiger partial charge in [-0.25, -0.2) is 0 Å². The van der Waals surface area contributed by atoms with E-state index in [-0.39, 0.29) is 5.60 Å². The van der Waals surface area contributed by atoms with E-state index >= 15 is 0 Å². The van der Waals surface area contributed by atoms with Crippen LogP contribution in [0.1, 0.15) is 36.8 Å². The van der Waals surface area contributed by atoms with Gasteiger partial charge in [0.05, 0.1) is 0 Å². The lowest BCUT2D eigenvalue weighted by atomic mass is 9.77. The van der Waals surface area contributed by atoms with E-state index in [9.17, 15) is 0 Å². The van der Waals surface area contributed by atoms with Crippen molar-refractivity contribution in [3.63, 3.8) is 0 Å². The highest BCUT2D eigenvalue weighted by Gasteiger charge is 2.38. The average molecular weight is 281 g/mol. The third-order valence-corrected chi connectivity index (χ3v) is 4.37. The number of benzene rings is 2. The van der Waals surface area contributed by atoms with Crippen LogP contribution in [-0.4, -0.2) is 12.1 Å². The third kappa shape index (κ3) is 3.45. The molecule has 1 fully saturated rings. The van der Waals surface area contributed by atoms with Gasteiger partial charge in [-0.1, -0.05) is 42.5 Å². The Labute approximate surface area is 126 Å². The molecule has 0 amide bonds. The summed E-state index contributed by atoms with van der Waals surface area (Å²) in [5, 5.41) is 0. The predicted molar refractivity (Wildman–Crippen MR) is 86.6 cm³/mol. The molecular weight excluding hydrogens is 258 g/mol. The molecule has 0 spiro atoms. The Hall–Kier alpha value is -1.80. The first-order valence-corrected chi connectivity index (χ1v) is 7.82. The van der Waals surface area contributed by atoms with Gasteiger partial charge in [0.1, 0.15) is 11.4 Å². The molecule has 2 aromatic carbocycles. The zero-order valence-corrected chi connectivity index (χ0v) is 12.4. The summed E-state index contributed by atoms with van der Waals surface area (Å²) in [5.74, 6) is 0.972. The quantitative estimate of drug-likeness (QED) is 0.870. The highest BCUT2D eigenvalue weighted by atomic mass is 16.5. The lowest BCUT2D eigenvalue weighted by Gasteiger charge is -2.41. The van der Waals surface area contributed by atoms with E-state index in [1.165, 1.54) is 17.5 Å². The second kappa shape index (κ2) is 6.31. The molecule has 0 aliphatic heterocycles. The fourth-order valence-electron chi connectivity index (χ4n) is 2.99. The fraction of sp³-hybridized carbons (Fsp3) is 0.368. The first-order chi connectivity index (χ1) is 10.3. The number of nitrogens with two attached hydrogens (primary N) is 1. The molecule has 0 radical (unpaired) electrons. The zero-order valence-electron chi connectivity index (χ0n) is 12.4. The van der Waals surface area contributed by atoms with Crippen molar-refractivity contribution < 1.29 is 4.74 Å². The monoisotopic (exact) mass is 281 g/mol. The van der Waals surface area contributed by atoms with Crippen molar-refractivity contribution in [2.45, 2.75) is 37.7 Å². The van der Waals surface area contributed by atoms with E-state index in [1.807, 2.05) is 0 Å². The van der Waals surface area contributed by atoms with Crippen molar-refractivity contribution in [2.75, 3.05) is 6.54 Å². The van der Waals surface area contributed by atoms with Crippen LogP contribution < -0.4 is 10.5 Å². The Morgan fingerprint density at radius 3 is 2.14 bits per heavy atom. The molecule has 2 N–H and O–H groups in total. The molecule has 1 aliphatic carbocycles. The van der Waals surface area contributed by atoms with E-state index in [0.29, 0.717) is 6.54 Å². The first kappa shape index (κ1) is 14.2. The van der Waals surface area contributed by atoms with Crippen LogP contribution in [0, 0.1) is 0 Å². The predicted octanol–water partition coefficient (Wildman–Crippen LogP) is 3.93. The van der Waals surface area contributed by atoms with Crippen LogP contribution in [0.15, 0.2) is 54.6 Å². The molecule has 0 atom stereocenters. The molecule has 0 bridgehead atoms. The maximum atomic E-state index is 6.20. The molecule has 3 rings (SSSR count). The van der Waals surface area contributed by atoms with Crippen LogP contribution in [0.2, 0.25) is 0 Å². The average Bonchev–Trinajstić information content (AvgIpc) is 2.48. The van der Waals surface area contributed by atoms with Crippen molar-refractivity contribution in [1.82, 2.24) is 0 Å². The number of rotatable bonds is 6. The summed E-state index contributed by atoms with van der Waals surface area (Å²) in [7, 11) is 0. The molecule has 2 aromatic rings. The van der Waals surface area contributed by atoms with Crippen LogP contribution in [0.4, 0.5) is 0 Å². The minimum atomic E-state index is 0.00962. The van der Waals surface area contributed by atoms with Gasteiger partial charge in [0.15, 0.2) is 0 Å². The van der Waals surface area contributed by atoms with Crippen LogP contribution in [-0.2, 0) is 6.42 Å². The molecular formula is C19H23NO. The number of hydrogen-bond donors (Lipinski definition) is 1. The standard InChI is InChI=1S/C19H23NO/c20-14-13-19(11-4-12-19)21-18-9-7-17(8-10-18)15-16-5-2-1-3-6-16/h1-3,5-10H,4,11-15,20H2. The van der Waals surface area contributed by atoms with Gasteiger partial charge in [-0.05, 0) is 61.9 Å². The minimum Gasteiger partial charge on any atom is -0.487 e. The maximum absolute atomic E-state index is 6.20. The SMILES string of the molecule is NCCC1(Oc2ccc(Cc3ccccc3)cc2)CCC1. The van der Waals surface area contributed by atoms with Gasteiger partial charge < -0.3 is 10.5 Å². The summed E-state index contributed by atoms with van der Waals surface area (Å²) in [6, 6.07) is 19.1. The Bertz CT molecular complexity index is 558. The number of hydrogen-bond acceptors (Lipinski definition) is 2. The molecule has 2 nitrogen and oxygen atoms in total. The first-order valence-electron chi connectivity index (χ1n) is 7.82. The van der Waals surface area contributed by atoms with Gasteiger partial charge in [-0.2, -0.15) is 0 Å². The maximum Gasteiger partial charge on any atom is 0.120 e. The van der Waals surface area contributed by atoms with Crippen molar-refractivity contribution in [2.24, 2.45) is 5.73 Å². The van der Waals surface area contributed by atoms with Gasteiger partial charge in [-0.3, -0.25) is 0 Å². The molecule has 2 heteroatoms. The van der Waals surface area contributed by atoms with Crippen LogP contribution in [0.25, 0.3) is 0 Å². The summed E-state index contributed by atoms with van der Waals surface area (Å²) in [4.78, 5) is 0. The third-order valence-electron chi connectivity index (χ3n) is 4.37. The van der Waals surface area contributed by atoms with Crippen molar-refractivity contribution in [1.29, 1.82) is 0 Å². The molecule has 0 heterocycles. The van der Waals surface area contributed by atoms with Gasteiger partial charge >= 0.3 is 0 Å². The molecule has 0 aromatic heterocycles.